The molecule has 0 bridgehead atoms. The van der Waals surface area contributed by atoms with Crippen molar-refractivity contribution in [3.63, 3.8) is 0 Å². The number of carbonyl (C=O) groups excluding carboxylic acids is 1. The van der Waals surface area contributed by atoms with Gasteiger partial charge in [0.1, 0.15) is 12.0 Å². The second-order valence-electron chi connectivity index (χ2n) is 9.46. The van der Waals surface area contributed by atoms with Gasteiger partial charge in [0.05, 0.1) is 30.4 Å². The van der Waals surface area contributed by atoms with Crippen LogP contribution in [-0.2, 0) is 4.79 Å². The van der Waals surface area contributed by atoms with Crippen molar-refractivity contribution in [3.8, 4) is 17.3 Å². The van der Waals surface area contributed by atoms with Crippen LogP contribution in [0.4, 0.5) is 18.9 Å². The number of hydrogen-bond donors (Lipinski definition) is 3. The van der Waals surface area contributed by atoms with Gasteiger partial charge in [-0.2, -0.15) is 23.5 Å². The summed E-state index contributed by atoms with van der Waals surface area (Å²) in [6.07, 6.45) is 2.10. The van der Waals surface area contributed by atoms with Crippen molar-refractivity contribution in [2.45, 2.75) is 18.6 Å². The molecule has 1 amide bonds. The van der Waals surface area contributed by atoms with Gasteiger partial charge in [-0.3, -0.25) is 9.48 Å². The molecule has 0 saturated carbocycles. The van der Waals surface area contributed by atoms with Crippen LogP contribution < -0.4 is 5.32 Å². The first-order valence-electron chi connectivity index (χ1n) is 13.0. The molecule has 0 saturated heterocycles. The van der Waals surface area contributed by atoms with Crippen molar-refractivity contribution in [3.05, 3.63) is 109 Å². The van der Waals surface area contributed by atoms with E-state index in [0.29, 0.717) is 11.3 Å². The highest BCUT2D eigenvalue weighted by atomic mass is 19.4. The topological polar surface area (TPSA) is 150 Å². The minimum atomic E-state index is -5.08. The van der Waals surface area contributed by atoms with Crippen molar-refractivity contribution < 1.29 is 27.9 Å². The maximum absolute atomic E-state index is 13.2. The molecule has 10 nitrogen and oxygen atoms in total. The van der Waals surface area contributed by atoms with Crippen LogP contribution in [0.1, 0.15) is 28.4 Å². The van der Waals surface area contributed by atoms with Gasteiger partial charge in [-0.05, 0) is 40.6 Å². The Morgan fingerprint density at radius 1 is 1.02 bits per heavy atom. The van der Waals surface area contributed by atoms with Crippen LogP contribution in [0.25, 0.3) is 33.1 Å². The number of carbonyl (C=O) groups is 2. The number of hydrogen-bond acceptors (Lipinski definition) is 6. The molecule has 44 heavy (non-hydrogen) atoms. The fourth-order valence-electron chi connectivity index (χ4n) is 4.63. The number of nitrogens with zero attached hydrogens (tertiary/aromatic N) is 5. The van der Waals surface area contributed by atoms with Gasteiger partial charge in [-0.25, -0.2) is 14.8 Å². The summed E-state index contributed by atoms with van der Waals surface area (Å²) in [7, 11) is 0. The number of aliphatic carboxylic acids is 1. The molecule has 3 aromatic heterocycles. The number of anilines is 1. The highest BCUT2D eigenvalue weighted by Crippen LogP contribution is 2.29. The minimum Gasteiger partial charge on any atom is -0.475 e. The van der Waals surface area contributed by atoms with Crippen molar-refractivity contribution in [1.29, 1.82) is 5.26 Å². The van der Waals surface area contributed by atoms with Crippen LogP contribution in [0.5, 0.6) is 0 Å². The summed E-state index contributed by atoms with van der Waals surface area (Å²) in [5.41, 5.74) is 4.47. The molecule has 3 N–H and O–H groups in total. The number of benzene rings is 3. The van der Waals surface area contributed by atoms with E-state index in [1.807, 2.05) is 85.2 Å². The van der Waals surface area contributed by atoms with Crippen molar-refractivity contribution >= 4 is 39.4 Å². The largest absolute Gasteiger partial charge is 0.490 e. The van der Waals surface area contributed by atoms with Crippen molar-refractivity contribution in [1.82, 2.24) is 24.7 Å². The summed E-state index contributed by atoms with van der Waals surface area (Å²) in [4.78, 5) is 33.8. The number of nitrogens with one attached hydrogen (secondary N) is 2. The van der Waals surface area contributed by atoms with Gasteiger partial charge in [0.25, 0.3) is 5.91 Å². The molecule has 0 spiro atoms. The molecule has 13 heteroatoms. The second kappa shape index (κ2) is 12.5. The van der Waals surface area contributed by atoms with E-state index in [0.717, 1.165) is 38.6 Å². The Kier molecular flexibility index (Phi) is 8.34. The summed E-state index contributed by atoms with van der Waals surface area (Å²) < 4.78 is 33.5. The number of carboxylic acid groups (broad SMARTS) is 1. The third-order valence-electron chi connectivity index (χ3n) is 6.64. The smallest absolute Gasteiger partial charge is 0.475 e. The fourth-order valence-corrected chi connectivity index (χ4v) is 4.63. The van der Waals surface area contributed by atoms with Crippen LogP contribution in [-0.4, -0.2) is 47.9 Å². The Morgan fingerprint density at radius 2 is 1.77 bits per heavy atom. The van der Waals surface area contributed by atoms with E-state index in [4.69, 9.17) is 9.90 Å². The number of halogens is 3. The summed E-state index contributed by atoms with van der Waals surface area (Å²) in [6.45, 7) is 0. The normalized spacial score (nSPS) is 11.8. The second-order valence-corrected chi connectivity index (χ2v) is 9.46. The zero-order valence-electron chi connectivity index (χ0n) is 22.7. The zero-order chi connectivity index (χ0) is 31.3. The van der Waals surface area contributed by atoms with Crippen LogP contribution in [0.2, 0.25) is 0 Å². The quantitative estimate of drug-likeness (QED) is 0.202. The number of nitriles is 1. The maximum atomic E-state index is 13.2. The Morgan fingerprint density at radius 3 is 2.55 bits per heavy atom. The Bertz CT molecular complexity index is 2010. The molecule has 0 aliphatic rings. The number of aromatic amines is 1. The molecular weight excluding hydrogens is 575 g/mol. The van der Waals surface area contributed by atoms with Crippen LogP contribution in [0, 0.1) is 11.3 Å². The maximum Gasteiger partial charge on any atom is 0.490 e. The van der Waals surface area contributed by atoms with Crippen molar-refractivity contribution in [2.24, 2.45) is 0 Å². The summed E-state index contributed by atoms with van der Waals surface area (Å²) in [5, 5.41) is 27.1. The van der Waals surface area contributed by atoms with E-state index in [9.17, 15) is 23.2 Å². The van der Waals surface area contributed by atoms with Crippen LogP contribution >= 0.6 is 0 Å². The van der Waals surface area contributed by atoms with Gasteiger partial charge in [-0.15, -0.1) is 0 Å². The first-order valence-corrected chi connectivity index (χ1v) is 13.0. The standard InChI is InChI=1S/C29H21N7O.C2HF3O2/c30-13-11-26(36-17-21(16-34-36)27-25-12-14-31-28(25)33-18-32-27)20-7-3-8-22(15-20)35-29(37)24-10-4-6-19-5-1-2-9-23(19)24;3-2(4,5)1(6)7/h1-10,12,14-18,26H,11H2,(H,35,37)(H,31,32,33);(H,6,7). The molecule has 0 radical (unpaired) electrons. The predicted molar refractivity (Wildman–Crippen MR) is 156 cm³/mol. The lowest BCUT2D eigenvalue weighted by Crippen LogP contribution is -2.21. The van der Waals surface area contributed by atoms with Gasteiger partial charge in [0.15, 0.2) is 0 Å². The van der Waals surface area contributed by atoms with Gasteiger partial charge in [0.2, 0.25) is 0 Å². The molecular formula is C31H22F3N7O3. The highest BCUT2D eigenvalue weighted by Gasteiger charge is 2.38. The molecule has 1 atom stereocenters. The van der Waals surface area contributed by atoms with Crippen LogP contribution in [0.3, 0.4) is 0 Å². The average Bonchev–Trinajstić information content (AvgIpc) is 3.70. The van der Waals surface area contributed by atoms with E-state index in [-0.39, 0.29) is 18.4 Å². The predicted octanol–water partition coefficient (Wildman–Crippen LogP) is 6.36. The Hall–Kier alpha value is -6.03. The number of H-pyrrole nitrogens is 1. The molecule has 220 valence electrons. The van der Waals surface area contributed by atoms with Crippen LogP contribution in [0.15, 0.2) is 97.7 Å². The van der Waals surface area contributed by atoms with E-state index < -0.39 is 12.1 Å². The number of alkyl halides is 3. The SMILES string of the molecule is N#CCC(c1cccc(NC(=O)c2cccc3ccccc23)c1)n1cc(-c2ncnc3[nH]ccc23)cn1.O=C(O)C(F)(F)F. The lowest BCUT2D eigenvalue weighted by atomic mass is 10.0. The molecule has 6 aromatic rings. The third-order valence-corrected chi connectivity index (χ3v) is 6.64. The monoisotopic (exact) mass is 597 g/mol. The van der Waals surface area contributed by atoms with E-state index in [1.165, 1.54) is 6.33 Å². The zero-order valence-corrected chi connectivity index (χ0v) is 22.7. The molecule has 3 aromatic carbocycles. The Labute approximate surface area is 247 Å². The summed E-state index contributed by atoms with van der Waals surface area (Å²) in [6, 6.07) is 24.9. The molecule has 0 aliphatic heterocycles. The highest BCUT2D eigenvalue weighted by molar-refractivity contribution is 6.12. The van der Waals surface area contributed by atoms with Gasteiger partial charge in [-0.1, -0.05) is 48.5 Å². The summed E-state index contributed by atoms with van der Waals surface area (Å²) >= 11 is 0. The number of rotatable bonds is 6. The molecule has 6 rings (SSSR count). The summed E-state index contributed by atoms with van der Waals surface area (Å²) in [5.74, 6) is -2.95. The van der Waals surface area contributed by atoms with Gasteiger partial charge in [0, 0.05) is 34.6 Å². The first-order chi connectivity index (χ1) is 21.2. The van der Waals surface area contributed by atoms with Gasteiger partial charge >= 0.3 is 12.1 Å². The molecule has 0 fully saturated rings. The number of carboxylic acids is 1. The number of amides is 1. The van der Waals surface area contributed by atoms with Gasteiger partial charge < -0.3 is 15.4 Å². The molecule has 3 heterocycles. The van der Waals surface area contributed by atoms with E-state index in [1.54, 1.807) is 10.9 Å². The third kappa shape index (κ3) is 6.39. The fraction of sp³-hybridized carbons (Fsp3) is 0.0968. The number of fused-ring (bicyclic) bond motifs is 2. The average molecular weight is 598 g/mol. The van der Waals surface area contributed by atoms with E-state index in [2.05, 4.69) is 31.4 Å². The lowest BCUT2D eigenvalue weighted by Gasteiger charge is -2.16. The first kappa shape index (κ1) is 29.5. The lowest BCUT2D eigenvalue weighted by molar-refractivity contribution is -0.192. The minimum absolute atomic E-state index is 0.188. The van der Waals surface area contributed by atoms with E-state index >= 15 is 0 Å². The Balaban J connectivity index is 0.000000493. The molecule has 0 aliphatic carbocycles. The number of aromatic nitrogens is 5. The van der Waals surface area contributed by atoms with Crippen molar-refractivity contribution in [2.75, 3.05) is 5.32 Å². The molecule has 1 unspecified atom stereocenters.